The third-order valence-corrected chi connectivity index (χ3v) is 9.74. The van der Waals surface area contributed by atoms with Crippen LogP contribution in [0.2, 0.25) is 0 Å². The molecule has 0 radical (unpaired) electrons. The second kappa shape index (κ2) is 9.27. The van der Waals surface area contributed by atoms with Crippen LogP contribution in [0, 0.1) is 40.4 Å². The molecule has 0 bridgehead atoms. The first-order valence-electron chi connectivity index (χ1n) is 13.1. The SMILES string of the molecule is CC.CC(C)CCCCC1CCC2C3CCC4=CC(=O)CCC4(C)C3CCC12C. The maximum atomic E-state index is 12.0. The van der Waals surface area contributed by atoms with Crippen LogP contribution in [0.1, 0.15) is 119 Å². The number of ketones is 1. The van der Waals surface area contributed by atoms with Gasteiger partial charge in [-0.2, -0.15) is 0 Å². The average Bonchev–Trinajstić information content (AvgIpc) is 3.03. The van der Waals surface area contributed by atoms with Crippen molar-refractivity contribution in [3.8, 4) is 0 Å². The van der Waals surface area contributed by atoms with Crippen LogP contribution in [0.5, 0.6) is 0 Å². The molecule has 0 aliphatic heterocycles. The number of rotatable bonds is 5. The highest BCUT2D eigenvalue weighted by Gasteiger charge is 2.58. The summed E-state index contributed by atoms with van der Waals surface area (Å²) in [7, 11) is 0. The highest BCUT2D eigenvalue weighted by Crippen LogP contribution is 2.67. The van der Waals surface area contributed by atoms with Crippen molar-refractivity contribution in [2.75, 3.05) is 0 Å². The van der Waals surface area contributed by atoms with E-state index in [0.717, 1.165) is 42.4 Å². The molecule has 0 spiro atoms. The molecule has 6 unspecified atom stereocenters. The van der Waals surface area contributed by atoms with Crippen molar-refractivity contribution in [1.82, 2.24) is 0 Å². The lowest BCUT2D eigenvalue weighted by molar-refractivity contribution is -0.117. The van der Waals surface area contributed by atoms with Crippen molar-refractivity contribution in [2.45, 2.75) is 119 Å². The number of carbonyl (C=O) groups is 1. The molecule has 4 rings (SSSR count). The van der Waals surface area contributed by atoms with E-state index in [0.29, 0.717) is 16.6 Å². The van der Waals surface area contributed by atoms with Gasteiger partial charge >= 0.3 is 0 Å². The topological polar surface area (TPSA) is 17.1 Å². The first-order valence-corrected chi connectivity index (χ1v) is 13.1. The minimum absolute atomic E-state index is 0.341. The number of allylic oxidation sites excluding steroid dienone is 1. The zero-order chi connectivity index (χ0) is 21.2. The van der Waals surface area contributed by atoms with Gasteiger partial charge in [0.25, 0.3) is 0 Å². The van der Waals surface area contributed by atoms with Crippen molar-refractivity contribution in [3.63, 3.8) is 0 Å². The molecule has 3 fully saturated rings. The highest BCUT2D eigenvalue weighted by molar-refractivity contribution is 5.91. The first kappa shape index (κ1) is 23.1. The van der Waals surface area contributed by atoms with E-state index in [9.17, 15) is 4.79 Å². The van der Waals surface area contributed by atoms with E-state index in [1.807, 2.05) is 13.8 Å². The van der Waals surface area contributed by atoms with Gasteiger partial charge in [-0.1, -0.05) is 66.4 Å². The summed E-state index contributed by atoms with van der Waals surface area (Å²) < 4.78 is 0. The first-order chi connectivity index (χ1) is 13.8. The molecule has 0 aromatic heterocycles. The smallest absolute Gasteiger partial charge is 0.155 e. The van der Waals surface area contributed by atoms with Gasteiger partial charge in [0.1, 0.15) is 0 Å². The van der Waals surface area contributed by atoms with Crippen molar-refractivity contribution in [2.24, 2.45) is 40.4 Å². The molecule has 6 atom stereocenters. The van der Waals surface area contributed by atoms with Gasteiger partial charge in [-0.05, 0) is 97.9 Å². The zero-order valence-electron chi connectivity index (χ0n) is 20.4. The van der Waals surface area contributed by atoms with E-state index in [-0.39, 0.29) is 0 Å². The fourth-order valence-electron chi connectivity index (χ4n) is 8.09. The molecule has 0 N–H and O–H groups in total. The summed E-state index contributed by atoms with van der Waals surface area (Å²) in [4.78, 5) is 12.0. The van der Waals surface area contributed by atoms with Gasteiger partial charge in [-0.25, -0.2) is 0 Å². The van der Waals surface area contributed by atoms with E-state index in [4.69, 9.17) is 0 Å². The van der Waals surface area contributed by atoms with Crippen molar-refractivity contribution in [1.29, 1.82) is 0 Å². The zero-order valence-corrected chi connectivity index (χ0v) is 20.4. The van der Waals surface area contributed by atoms with Crippen LogP contribution in [0.25, 0.3) is 0 Å². The molecule has 0 heterocycles. The quantitative estimate of drug-likeness (QED) is 0.423. The van der Waals surface area contributed by atoms with Crippen LogP contribution in [0.3, 0.4) is 0 Å². The van der Waals surface area contributed by atoms with Crippen LogP contribution in [-0.2, 0) is 4.79 Å². The molecule has 29 heavy (non-hydrogen) atoms. The molecule has 3 saturated carbocycles. The Kier molecular flexibility index (Phi) is 7.38. The number of unbranched alkanes of at least 4 members (excludes halogenated alkanes) is 1. The Morgan fingerprint density at radius 1 is 0.966 bits per heavy atom. The van der Waals surface area contributed by atoms with Crippen LogP contribution >= 0.6 is 0 Å². The summed E-state index contributed by atoms with van der Waals surface area (Å²) >= 11 is 0. The Hall–Kier alpha value is -0.590. The predicted molar refractivity (Wildman–Crippen MR) is 125 cm³/mol. The summed E-state index contributed by atoms with van der Waals surface area (Å²) in [6.07, 6.45) is 18.2. The van der Waals surface area contributed by atoms with Crippen LogP contribution in [-0.4, -0.2) is 5.78 Å². The molecule has 166 valence electrons. The minimum atomic E-state index is 0.341. The van der Waals surface area contributed by atoms with Gasteiger partial charge in [0.05, 0.1) is 0 Å². The lowest BCUT2D eigenvalue weighted by atomic mass is 9.46. The number of hydrogen-bond acceptors (Lipinski definition) is 1. The highest BCUT2D eigenvalue weighted by atomic mass is 16.1. The van der Waals surface area contributed by atoms with Crippen LogP contribution < -0.4 is 0 Å². The molecule has 0 aromatic carbocycles. The largest absolute Gasteiger partial charge is 0.295 e. The maximum Gasteiger partial charge on any atom is 0.155 e. The lowest BCUT2D eigenvalue weighted by Gasteiger charge is -2.58. The molecular weight excluding hydrogens is 352 g/mol. The average molecular weight is 401 g/mol. The van der Waals surface area contributed by atoms with Crippen molar-refractivity contribution in [3.05, 3.63) is 11.6 Å². The number of carbonyl (C=O) groups excluding carboxylic acids is 1. The summed E-state index contributed by atoms with van der Waals surface area (Å²) in [6, 6.07) is 0. The molecular formula is C28H48O. The minimum Gasteiger partial charge on any atom is -0.295 e. The van der Waals surface area contributed by atoms with Gasteiger partial charge < -0.3 is 0 Å². The fourth-order valence-corrected chi connectivity index (χ4v) is 8.09. The molecule has 1 nitrogen and oxygen atoms in total. The van der Waals surface area contributed by atoms with Crippen molar-refractivity contribution < 1.29 is 4.79 Å². The number of fused-ring (bicyclic) bond motifs is 5. The predicted octanol–water partition coefficient (Wildman–Crippen LogP) is 8.38. The number of hydrogen-bond donors (Lipinski definition) is 0. The maximum absolute atomic E-state index is 12.0. The van der Waals surface area contributed by atoms with E-state index in [2.05, 4.69) is 33.8 Å². The molecule has 0 saturated heterocycles. The Morgan fingerprint density at radius 2 is 1.72 bits per heavy atom. The Morgan fingerprint density at radius 3 is 2.45 bits per heavy atom. The van der Waals surface area contributed by atoms with Gasteiger partial charge in [0, 0.05) is 6.42 Å². The van der Waals surface area contributed by atoms with E-state index < -0.39 is 0 Å². The molecule has 1 heteroatoms. The fraction of sp³-hybridized carbons (Fsp3) is 0.893. The van der Waals surface area contributed by atoms with Crippen molar-refractivity contribution >= 4 is 5.78 Å². The summed E-state index contributed by atoms with van der Waals surface area (Å²) in [5.74, 6) is 4.97. The molecule has 0 amide bonds. The van der Waals surface area contributed by atoms with Gasteiger partial charge in [0.15, 0.2) is 5.78 Å². The Labute approximate surface area is 181 Å². The van der Waals surface area contributed by atoms with Gasteiger partial charge in [-0.3, -0.25) is 4.79 Å². The summed E-state index contributed by atoms with van der Waals surface area (Å²) in [6.45, 7) is 13.9. The Balaban J connectivity index is 0.00000117. The molecule has 4 aliphatic carbocycles. The van der Waals surface area contributed by atoms with E-state index >= 15 is 0 Å². The third kappa shape index (κ3) is 4.27. The van der Waals surface area contributed by atoms with Gasteiger partial charge in [0.2, 0.25) is 0 Å². The lowest BCUT2D eigenvalue weighted by Crippen LogP contribution is -2.50. The molecule has 4 aliphatic rings. The summed E-state index contributed by atoms with van der Waals surface area (Å²) in [5, 5.41) is 0. The van der Waals surface area contributed by atoms with Gasteiger partial charge in [-0.15, -0.1) is 0 Å². The summed E-state index contributed by atoms with van der Waals surface area (Å²) in [5.41, 5.74) is 2.47. The second-order valence-electron chi connectivity index (χ2n) is 11.5. The standard InChI is InChI=1S/C26H42O.C2H6/c1-18(2)7-5-6-8-19-10-12-23-22-11-9-20-17-21(27)13-15-26(20,4)24(22)14-16-25(19,23)3;1-2/h17-19,22-24H,5-16H2,1-4H3;1-2H3. The van der Waals surface area contributed by atoms with Crippen LogP contribution in [0.4, 0.5) is 0 Å². The normalized spacial score (nSPS) is 41.1. The second-order valence-corrected chi connectivity index (χ2v) is 11.5. The molecule has 0 aromatic rings. The third-order valence-electron chi connectivity index (χ3n) is 9.74. The monoisotopic (exact) mass is 400 g/mol. The van der Waals surface area contributed by atoms with Crippen LogP contribution in [0.15, 0.2) is 11.6 Å². The van der Waals surface area contributed by atoms with E-state index in [1.54, 1.807) is 0 Å². The Bertz CT molecular complexity index is 601. The van der Waals surface area contributed by atoms with E-state index in [1.165, 1.54) is 69.8 Å².